The number of alkyl halides is 3. The molecule has 1 aromatic carbocycles. The van der Waals surface area contributed by atoms with Crippen molar-refractivity contribution < 1.29 is 32.2 Å². The van der Waals surface area contributed by atoms with Gasteiger partial charge in [-0.3, -0.25) is 13.9 Å². The van der Waals surface area contributed by atoms with Crippen molar-refractivity contribution in [2.24, 2.45) is 5.73 Å². The number of imidazole rings is 1. The molecule has 1 atom stereocenters. The largest absolute Gasteiger partial charge is 0.484 e. The predicted molar refractivity (Wildman–Crippen MR) is 175 cm³/mol. The number of amides is 2. The average Bonchev–Trinajstić information content (AvgIpc) is 3.78. The molecule has 0 bridgehead atoms. The van der Waals surface area contributed by atoms with E-state index in [1.165, 1.54) is 25.1 Å². The molecule has 14 heteroatoms. The molecule has 6 rings (SSSR count). The van der Waals surface area contributed by atoms with E-state index in [0.717, 1.165) is 41.4 Å². The Balaban J connectivity index is 1.19. The molecule has 0 radical (unpaired) electrons. The minimum Gasteiger partial charge on any atom is -0.484 e. The number of carbonyl (C=O) groups is 2. The number of hydrogen-bond acceptors (Lipinski definition) is 7. The Hall–Kier alpha value is -4.85. The fourth-order valence-electron chi connectivity index (χ4n) is 5.79. The number of nitrogens with zero attached hydrogens (tertiary/aromatic N) is 5. The van der Waals surface area contributed by atoms with E-state index >= 15 is 0 Å². The molecule has 0 aliphatic carbocycles. The second-order valence-electron chi connectivity index (χ2n) is 12.7. The molecule has 2 amide bonds. The Labute approximate surface area is 278 Å². The first-order valence-corrected chi connectivity index (χ1v) is 16.3. The van der Waals surface area contributed by atoms with E-state index in [1.54, 1.807) is 23.4 Å². The number of aromatic nitrogens is 4. The van der Waals surface area contributed by atoms with E-state index in [-0.39, 0.29) is 28.3 Å². The fraction of sp³-hybridized carbons (Fsp3) is 0.353. The highest BCUT2D eigenvalue weighted by Gasteiger charge is 2.35. The third-order valence-corrected chi connectivity index (χ3v) is 9.27. The molecular formula is C34H35F3N6O4S. The summed E-state index contributed by atoms with van der Waals surface area (Å²) < 4.78 is 56.1. The van der Waals surface area contributed by atoms with E-state index in [2.05, 4.69) is 10.1 Å². The van der Waals surface area contributed by atoms with E-state index in [4.69, 9.17) is 15.2 Å². The zero-order valence-corrected chi connectivity index (χ0v) is 27.6. The molecule has 0 saturated carbocycles. The topological polar surface area (TPSA) is 117 Å². The van der Waals surface area contributed by atoms with Crippen LogP contribution >= 0.6 is 11.3 Å². The van der Waals surface area contributed by atoms with Gasteiger partial charge in [-0.15, -0.1) is 11.3 Å². The molecule has 48 heavy (non-hydrogen) atoms. The number of ether oxygens (including phenoxy) is 2. The smallest absolute Gasteiger partial charge is 0.416 e. The van der Waals surface area contributed by atoms with Gasteiger partial charge >= 0.3 is 12.3 Å². The molecule has 4 aromatic heterocycles. The maximum Gasteiger partial charge on any atom is 0.416 e. The van der Waals surface area contributed by atoms with Gasteiger partial charge in [0.2, 0.25) is 0 Å². The zero-order valence-electron chi connectivity index (χ0n) is 26.8. The van der Waals surface area contributed by atoms with Crippen molar-refractivity contribution in [2.75, 3.05) is 13.1 Å². The normalized spacial score (nSPS) is 15.1. The number of nitrogens with two attached hydrogens (primary N) is 1. The van der Waals surface area contributed by atoms with Crippen LogP contribution in [0.4, 0.5) is 18.0 Å². The molecule has 252 valence electrons. The Bertz CT molecular complexity index is 1970. The maximum atomic E-state index is 13.6. The number of primary amides is 1. The number of thiophene rings is 1. The SMILES string of the molecule is CC(Oc1cc(-c2cnc3cc(-c4cnn(C5CCN(C(=O)OC(C)(C)C)CC5)c4)ccn23)sc1C(N)=O)c1ccccc1C(F)(F)F. The molecule has 2 N–H and O–H groups in total. The molecule has 5 heterocycles. The van der Waals surface area contributed by atoms with Crippen molar-refractivity contribution in [1.82, 2.24) is 24.1 Å². The summed E-state index contributed by atoms with van der Waals surface area (Å²) in [6, 6.07) is 10.8. The summed E-state index contributed by atoms with van der Waals surface area (Å²) >= 11 is 1.08. The second kappa shape index (κ2) is 12.6. The number of benzene rings is 1. The Morgan fingerprint density at radius 2 is 1.77 bits per heavy atom. The monoisotopic (exact) mass is 680 g/mol. The Morgan fingerprint density at radius 3 is 2.46 bits per heavy atom. The van der Waals surface area contributed by atoms with Crippen molar-refractivity contribution in [3.63, 3.8) is 0 Å². The summed E-state index contributed by atoms with van der Waals surface area (Å²) in [5.41, 5.74) is 7.37. The predicted octanol–water partition coefficient (Wildman–Crippen LogP) is 7.76. The summed E-state index contributed by atoms with van der Waals surface area (Å²) in [7, 11) is 0. The average molecular weight is 681 g/mol. The standard InChI is InChI=1S/C34H35F3N6O4S/c1-20(24-7-5-6-8-25(24)34(35,36)37)46-27-16-28(48-30(27)31(38)44)26-18-39-29-15-21(9-14-42(26)29)22-17-40-43(19-22)23-10-12-41(13-11-23)32(45)47-33(2,3)4/h5-9,14-20,23H,10-13H2,1-4H3,(H2,38,44). The molecule has 1 aliphatic heterocycles. The summed E-state index contributed by atoms with van der Waals surface area (Å²) in [6.45, 7) is 8.23. The van der Waals surface area contributed by atoms with Gasteiger partial charge in [-0.2, -0.15) is 18.3 Å². The second-order valence-corrected chi connectivity index (χ2v) is 13.8. The number of halogens is 3. The third-order valence-electron chi connectivity index (χ3n) is 8.12. The molecule has 0 spiro atoms. The number of carbonyl (C=O) groups excluding carboxylic acids is 2. The van der Waals surface area contributed by atoms with Gasteiger partial charge in [0.25, 0.3) is 5.91 Å². The molecule has 1 saturated heterocycles. The summed E-state index contributed by atoms with van der Waals surface area (Å²) in [5.74, 6) is -0.649. The molecule has 1 fully saturated rings. The lowest BCUT2D eigenvalue weighted by atomic mass is 10.0. The van der Waals surface area contributed by atoms with E-state index in [0.29, 0.717) is 29.3 Å². The number of pyridine rings is 1. The van der Waals surface area contributed by atoms with Crippen LogP contribution in [0, 0.1) is 0 Å². The van der Waals surface area contributed by atoms with Crippen molar-refractivity contribution in [3.05, 3.63) is 83.3 Å². The Morgan fingerprint density at radius 1 is 1.04 bits per heavy atom. The van der Waals surface area contributed by atoms with Crippen LogP contribution in [0.2, 0.25) is 0 Å². The highest BCUT2D eigenvalue weighted by molar-refractivity contribution is 7.17. The van der Waals surface area contributed by atoms with Gasteiger partial charge in [0.05, 0.1) is 34.6 Å². The molecule has 1 unspecified atom stereocenters. The highest BCUT2D eigenvalue weighted by atomic mass is 32.1. The first kappa shape index (κ1) is 33.1. The lowest BCUT2D eigenvalue weighted by Gasteiger charge is -2.33. The van der Waals surface area contributed by atoms with Crippen LogP contribution in [0.3, 0.4) is 0 Å². The van der Waals surface area contributed by atoms with Crippen LogP contribution in [-0.2, 0) is 10.9 Å². The van der Waals surface area contributed by atoms with Crippen LogP contribution in [0.5, 0.6) is 5.75 Å². The van der Waals surface area contributed by atoms with Gasteiger partial charge < -0.3 is 20.1 Å². The van der Waals surface area contributed by atoms with Crippen molar-refractivity contribution in [3.8, 4) is 27.4 Å². The summed E-state index contributed by atoms with van der Waals surface area (Å²) in [4.78, 5) is 31.8. The molecule has 1 aliphatic rings. The van der Waals surface area contributed by atoms with Gasteiger partial charge in [0.1, 0.15) is 28.0 Å². The number of piperidine rings is 1. The van der Waals surface area contributed by atoms with Gasteiger partial charge in [-0.1, -0.05) is 18.2 Å². The summed E-state index contributed by atoms with van der Waals surface area (Å²) in [5, 5.41) is 4.61. The van der Waals surface area contributed by atoms with Crippen molar-refractivity contribution in [2.45, 2.75) is 64.5 Å². The number of rotatable bonds is 7. The molecular weight excluding hydrogens is 645 g/mol. The van der Waals surface area contributed by atoms with Crippen LogP contribution in [-0.4, -0.2) is 54.8 Å². The van der Waals surface area contributed by atoms with E-state index in [1.807, 2.05) is 54.4 Å². The fourth-order valence-corrected chi connectivity index (χ4v) is 6.74. The first-order valence-electron chi connectivity index (χ1n) is 15.4. The third kappa shape index (κ3) is 6.89. The van der Waals surface area contributed by atoms with Crippen LogP contribution in [0.25, 0.3) is 27.3 Å². The molecule has 10 nitrogen and oxygen atoms in total. The van der Waals surface area contributed by atoms with Crippen LogP contribution in [0.1, 0.15) is 73.5 Å². The zero-order chi connectivity index (χ0) is 34.4. The number of hydrogen-bond donors (Lipinski definition) is 1. The summed E-state index contributed by atoms with van der Waals surface area (Å²) in [6.07, 6.45) is 2.96. The van der Waals surface area contributed by atoms with Crippen LogP contribution < -0.4 is 10.5 Å². The quantitative estimate of drug-likeness (QED) is 0.188. The Kier molecular flexibility index (Phi) is 8.71. The number of fused-ring (bicyclic) bond motifs is 1. The van der Waals surface area contributed by atoms with Gasteiger partial charge in [-0.25, -0.2) is 9.78 Å². The first-order chi connectivity index (χ1) is 22.7. The number of likely N-dealkylation sites (tertiary alicyclic amines) is 1. The van der Waals surface area contributed by atoms with Crippen LogP contribution in [0.15, 0.2) is 67.3 Å². The van der Waals surface area contributed by atoms with Gasteiger partial charge in [-0.05, 0) is 64.3 Å². The highest BCUT2D eigenvalue weighted by Crippen LogP contribution is 2.41. The van der Waals surface area contributed by atoms with Gasteiger partial charge in [0.15, 0.2) is 0 Å². The van der Waals surface area contributed by atoms with Gasteiger partial charge in [0, 0.05) is 42.7 Å². The molecule has 5 aromatic rings. The lowest BCUT2D eigenvalue weighted by Crippen LogP contribution is -2.42. The van der Waals surface area contributed by atoms with E-state index < -0.39 is 29.4 Å². The maximum absolute atomic E-state index is 13.6. The van der Waals surface area contributed by atoms with Crippen molar-refractivity contribution in [1.29, 1.82) is 0 Å². The van der Waals surface area contributed by atoms with E-state index in [9.17, 15) is 22.8 Å². The minimum atomic E-state index is -4.56. The minimum absolute atomic E-state index is 0.0508. The van der Waals surface area contributed by atoms with Crippen molar-refractivity contribution >= 4 is 29.0 Å². The lowest BCUT2D eigenvalue weighted by molar-refractivity contribution is -0.139.